The zero-order valence-corrected chi connectivity index (χ0v) is 19.7. The fourth-order valence-electron chi connectivity index (χ4n) is 4.82. The van der Waals surface area contributed by atoms with Gasteiger partial charge in [0.15, 0.2) is 11.6 Å². The number of amides is 2. The molecule has 0 aliphatic carbocycles. The second-order valence-corrected chi connectivity index (χ2v) is 9.20. The van der Waals surface area contributed by atoms with E-state index in [0.717, 1.165) is 63.1 Å². The van der Waals surface area contributed by atoms with E-state index < -0.39 is 17.7 Å². The van der Waals surface area contributed by atoms with Crippen molar-refractivity contribution < 1.29 is 18.3 Å². The van der Waals surface area contributed by atoms with E-state index >= 15 is 0 Å². The maximum absolute atomic E-state index is 13.8. The number of ether oxygens (including phenoxy) is 1. The Bertz CT molecular complexity index is 1000. The van der Waals surface area contributed by atoms with Crippen LogP contribution in [0.2, 0.25) is 0 Å². The van der Waals surface area contributed by atoms with E-state index in [1.54, 1.807) is 4.90 Å². The van der Waals surface area contributed by atoms with E-state index in [0.29, 0.717) is 32.3 Å². The topological polar surface area (TPSA) is 77.1 Å². The smallest absolute Gasteiger partial charge is 0.322 e. The maximum Gasteiger partial charge on any atom is 0.322 e. The molecule has 0 spiro atoms. The summed E-state index contributed by atoms with van der Waals surface area (Å²) in [4.78, 5) is 20.9. The van der Waals surface area contributed by atoms with Crippen LogP contribution in [0.25, 0.3) is 0 Å². The number of nitrogens with one attached hydrogen (secondary N) is 1. The van der Waals surface area contributed by atoms with Crippen LogP contribution in [0.4, 0.5) is 30.9 Å². The number of benzene rings is 1. The minimum atomic E-state index is -0.795. The maximum atomic E-state index is 13.8. The molecule has 3 aliphatic heterocycles. The molecule has 1 aromatic carbocycles. The second kappa shape index (κ2) is 10.7. The number of anilines is 3. The molecule has 0 radical (unpaired) electrons. The zero-order valence-electron chi connectivity index (χ0n) is 19.7. The summed E-state index contributed by atoms with van der Waals surface area (Å²) in [5, 5.41) is 11.4. The molecule has 0 saturated carbocycles. The predicted molar refractivity (Wildman–Crippen MR) is 129 cm³/mol. The summed E-state index contributed by atoms with van der Waals surface area (Å²) in [6.45, 7) is 7.85. The van der Waals surface area contributed by atoms with E-state index in [-0.39, 0.29) is 5.69 Å². The Morgan fingerprint density at radius 3 is 2.17 bits per heavy atom. The number of piperazine rings is 2. The van der Waals surface area contributed by atoms with Crippen molar-refractivity contribution in [2.24, 2.45) is 0 Å². The van der Waals surface area contributed by atoms with E-state index in [4.69, 9.17) is 4.74 Å². The van der Waals surface area contributed by atoms with Crippen molar-refractivity contribution >= 4 is 23.4 Å². The molecule has 3 saturated heterocycles. The zero-order chi connectivity index (χ0) is 24.2. The molecular weight excluding hydrogens is 456 g/mol. The van der Waals surface area contributed by atoms with Crippen molar-refractivity contribution in [3.63, 3.8) is 0 Å². The van der Waals surface area contributed by atoms with Crippen LogP contribution < -0.4 is 15.1 Å². The van der Waals surface area contributed by atoms with Gasteiger partial charge in [-0.25, -0.2) is 13.6 Å². The summed E-state index contributed by atoms with van der Waals surface area (Å²) < 4.78 is 32.6. The van der Waals surface area contributed by atoms with Gasteiger partial charge in [-0.15, -0.1) is 10.2 Å². The Kier molecular flexibility index (Phi) is 7.24. The van der Waals surface area contributed by atoms with E-state index in [2.05, 4.69) is 30.2 Å². The highest BCUT2D eigenvalue weighted by atomic mass is 19.1. The Labute approximate surface area is 203 Å². The summed E-state index contributed by atoms with van der Waals surface area (Å²) in [7, 11) is 0. The summed E-state index contributed by atoms with van der Waals surface area (Å²) in [6.07, 6.45) is 2.72. The van der Waals surface area contributed by atoms with Crippen LogP contribution in [0.5, 0.6) is 0 Å². The van der Waals surface area contributed by atoms with Gasteiger partial charge in [0.05, 0.1) is 11.8 Å². The highest BCUT2D eigenvalue weighted by Gasteiger charge is 2.25. The van der Waals surface area contributed by atoms with Gasteiger partial charge < -0.3 is 24.8 Å². The third kappa shape index (κ3) is 5.79. The number of halogens is 2. The fraction of sp³-hybridized carbons (Fsp3) is 0.542. The molecule has 2 amide bonds. The number of carbonyl (C=O) groups is 1. The van der Waals surface area contributed by atoms with Crippen molar-refractivity contribution in [3.05, 3.63) is 42.0 Å². The standard InChI is InChI=1S/C24H31F2N7O2/c25-18-3-4-21(20(26)16-18)27-24(34)33-13-11-32(12-14-33)23-6-5-22(28-29-23)31-9-7-30(8-10-31)17-19-2-1-15-35-19/h3-6,16,19H,1-2,7-15,17H2,(H,27,34). The van der Waals surface area contributed by atoms with Crippen LogP contribution in [0.1, 0.15) is 12.8 Å². The quantitative estimate of drug-likeness (QED) is 0.694. The third-order valence-electron chi connectivity index (χ3n) is 6.88. The highest BCUT2D eigenvalue weighted by Crippen LogP contribution is 2.20. The average Bonchev–Trinajstić information content (AvgIpc) is 3.39. The van der Waals surface area contributed by atoms with Gasteiger partial charge >= 0.3 is 6.03 Å². The summed E-state index contributed by atoms with van der Waals surface area (Å²) in [5.74, 6) is 0.176. The molecular formula is C24H31F2N7O2. The first-order valence-electron chi connectivity index (χ1n) is 12.2. The predicted octanol–water partition coefficient (Wildman–Crippen LogP) is 2.41. The van der Waals surface area contributed by atoms with Gasteiger partial charge in [-0.2, -0.15) is 0 Å². The molecule has 35 heavy (non-hydrogen) atoms. The van der Waals surface area contributed by atoms with Crippen molar-refractivity contribution in [2.75, 3.05) is 80.6 Å². The number of nitrogens with zero attached hydrogens (tertiary/aromatic N) is 6. The lowest BCUT2D eigenvalue weighted by atomic mass is 10.2. The van der Waals surface area contributed by atoms with Gasteiger partial charge in [-0.1, -0.05) is 0 Å². The normalized spacial score (nSPS) is 21.4. The van der Waals surface area contributed by atoms with E-state index in [1.807, 2.05) is 12.1 Å². The minimum Gasteiger partial charge on any atom is -0.377 e. The van der Waals surface area contributed by atoms with Crippen molar-refractivity contribution in [1.82, 2.24) is 20.0 Å². The number of aromatic nitrogens is 2. The largest absolute Gasteiger partial charge is 0.377 e. The van der Waals surface area contributed by atoms with Crippen LogP contribution >= 0.6 is 0 Å². The first kappa shape index (κ1) is 23.7. The van der Waals surface area contributed by atoms with Crippen LogP contribution in [-0.2, 0) is 4.74 Å². The number of rotatable bonds is 5. The third-order valence-corrected chi connectivity index (χ3v) is 6.88. The summed E-state index contributed by atoms with van der Waals surface area (Å²) in [5.41, 5.74) is -0.0343. The Hall–Kier alpha value is -3.05. The van der Waals surface area contributed by atoms with Gasteiger partial charge in [0.2, 0.25) is 0 Å². The number of urea groups is 1. The number of hydrogen-bond acceptors (Lipinski definition) is 7. The molecule has 1 aromatic heterocycles. The molecule has 1 atom stereocenters. The molecule has 0 bridgehead atoms. The number of hydrogen-bond donors (Lipinski definition) is 1. The van der Waals surface area contributed by atoms with Gasteiger partial charge in [0.25, 0.3) is 0 Å². The lowest BCUT2D eigenvalue weighted by Gasteiger charge is -2.37. The molecule has 4 heterocycles. The van der Waals surface area contributed by atoms with Gasteiger partial charge in [-0.05, 0) is 37.1 Å². The number of carbonyl (C=O) groups excluding carboxylic acids is 1. The van der Waals surface area contributed by atoms with Crippen LogP contribution in [0.3, 0.4) is 0 Å². The van der Waals surface area contributed by atoms with Gasteiger partial charge in [0.1, 0.15) is 11.6 Å². The first-order valence-corrected chi connectivity index (χ1v) is 12.2. The van der Waals surface area contributed by atoms with E-state index in [1.165, 1.54) is 18.9 Å². The molecule has 3 aliphatic rings. The monoisotopic (exact) mass is 487 g/mol. The SMILES string of the molecule is O=C(Nc1ccc(F)cc1F)N1CCN(c2ccc(N3CCN(CC4CCCO4)CC3)nn2)CC1. The van der Waals surface area contributed by atoms with Gasteiger partial charge in [-0.3, -0.25) is 4.90 Å². The first-order chi connectivity index (χ1) is 17.0. The molecule has 188 valence electrons. The van der Waals surface area contributed by atoms with Crippen LogP contribution in [0, 0.1) is 11.6 Å². The van der Waals surface area contributed by atoms with Crippen LogP contribution in [0.15, 0.2) is 30.3 Å². The lowest BCUT2D eigenvalue weighted by Crippen LogP contribution is -2.50. The Morgan fingerprint density at radius 1 is 0.943 bits per heavy atom. The highest BCUT2D eigenvalue weighted by molar-refractivity contribution is 5.89. The second-order valence-electron chi connectivity index (χ2n) is 9.20. The summed E-state index contributed by atoms with van der Waals surface area (Å²) >= 11 is 0. The minimum absolute atomic E-state index is 0.0343. The van der Waals surface area contributed by atoms with E-state index in [9.17, 15) is 13.6 Å². The fourth-order valence-corrected chi connectivity index (χ4v) is 4.82. The molecule has 2 aromatic rings. The van der Waals surface area contributed by atoms with Crippen molar-refractivity contribution in [2.45, 2.75) is 18.9 Å². The molecule has 9 nitrogen and oxygen atoms in total. The van der Waals surface area contributed by atoms with Crippen LogP contribution in [-0.4, -0.2) is 97.6 Å². The Morgan fingerprint density at radius 2 is 1.60 bits per heavy atom. The van der Waals surface area contributed by atoms with Crippen molar-refractivity contribution in [3.8, 4) is 0 Å². The molecule has 1 N–H and O–H groups in total. The Balaban J connectivity index is 1.08. The average molecular weight is 488 g/mol. The lowest BCUT2D eigenvalue weighted by molar-refractivity contribution is 0.0712. The molecule has 11 heteroatoms. The van der Waals surface area contributed by atoms with Gasteiger partial charge in [0, 0.05) is 71.6 Å². The van der Waals surface area contributed by atoms with Crippen molar-refractivity contribution in [1.29, 1.82) is 0 Å². The molecule has 5 rings (SSSR count). The summed E-state index contributed by atoms with van der Waals surface area (Å²) in [6, 6.07) is 6.67. The molecule has 1 unspecified atom stereocenters. The molecule has 3 fully saturated rings.